The van der Waals surface area contributed by atoms with Gasteiger partial charge in [0.1, 0.15) is 24.4 Å². The summed E-state index contributed by atoms with van der Waals surface area (Å²) in [4.78, 5) is 27.4. The third-order valence-corrected chi connectivity index (χ3v) is 4.92. The van der Waals surface area contributed by atoms with E-state index in [0.717, 1.165) is 0 Å². The number of hydrogen-bond donors (Lipinski definition) is 1. The van der Waals surface area contributed by atoms with Crippen LogP contribution in [0, 0.1) is 5.82 Å². The molecule has 3 aromatic rings. The number of carbonyl (C=O) groups excluding carboxylic acids is 1. The van der Waals surface area contributed by atoms with E-state index >= 15 is 0 Å². The highest BCUT2D eigenvalue weighted by Crippen LogP contribution is 2.29. The molecule has 1 saturated heterocycles. The number of rotatable bonds is 6. The van der Waals surface area contributed by atoms with Crippen LogP contribution in [0.4, 0.5) is 14.9 Å². The quantitative estimate of drug-likeness (QED) is 0.624. The minimum Gasteiger partial charge on any atom is -0.471 e. The first kappa shape index (κ1) is 19.9. The van der Waals surface area contributed by atoms with Crippen LogP contribution < -0.4 is 15.1 Å². The number of aliphatic imine (C=N–C) groups is 1. The lowest BCUT2D eigenvalue weighted by atomic mass is 10.1. The highest BCUT2D eigenvalue weighted by molar-refractivity contribution is 5.96. The number of anilines is 1. The maximum absolute atomic E-state index is 14.9. The fraction of sp³-hybridized carbons (Fsp3) is 0.238. The summed E-state index contributed by atoms with van der Waals surface area (Å²) in [6.07, 6.45) is 1.86. The fourth-order valence-corrected chi connectivity index (χ4v) is 3.36. The number of benzene rings is 1. The molecule has 164 valence electrons. The summed E-state index contributed by atoms with van der Waals surface area (Å²) in [5.74, 6) is 0.352. The smallest absolute Gasteiger partial charge is 0.414 e. The molecule has 5 rings (SSSR count). The Morgan fingerprint density at radius 1 is 1.25 bits per heavy atom. The second kappa shape index (κ2) is 8.63. The van der Waals surface area contributed by atoms with Crippen LogP contribution in [0.2, 0.25) is 0 Å². The van der Waals surface area contributed by atoms with Crippen molar-refractivity contribution in [3.63, 3.8) is 0 Å². The Kier molecular flexibility index (Phi) is 5.38. The molecular weight excluding hydrogens is 421 g/mol. The number of carbonyl (C=O) groups is 1. The Morgan fingerprint density at radius 2 is 2.19 bits per heavy atom. The summed E-state index contributed by atoms with van der Waals surface area (Å²) in [7, 11) is 0. The molecule has 2 aliphatic rings. The Bertz CT molecular complexity index is 1140. The Morgan fingerprint density at radius 3 is 2.91 bits per heavy atom. The molecule has 10 nitrogen and oxygen atoms in total. The molecule has 11 heteroatoms. The molecular formula is C21H18FN5O5. The molecule has 2 aliphatic heterocycles. The average molecular weight is 439 g/mol. The SMILES string of the molecule is O=C1O[C@@H](COc2ccon2)CN1c1ccc(-c2ccc(C3=NCCON3)nc2)c(F)c1. The number of amidine groups is 1. The molecule has 1 N–H and O–H groups in total. The Balaban J connectivity index is 1.28. The molecule has 0 spiro atoms. The number of aromatic nitrogens is 2. The van der Waals surface area contributed by atoms with Crippen molar-refractivity contribution in [2.75, 3.05) is 31.2 Å². The number of halogens is 1. The molecule has 2 aromatic heterocycles. The van der Waals surface area contributed by atoms with Crippen LogP contribution in [0.3, 0.4) is 0 Å². The van der Waals surface area contributed by atoms with E-state index in [1.807, 2.05) is 0 Å². The van der Waals surface area contributed by atoms with Gasteiger partial charge in [0.2, 0.25) is 0 Å². The van der Waals surface area contributed by atoms with Gasteiger partial charge in [0.05, 0.1) is 25.4 Å². The third kappa shape index (κ3) is 4.10. The van der Waals surface area contributed by atoms with Gasteiger partial charge in [0.25, 0.3) is 5.88 Å². The summed E-state index contributed by atoms with van der Waals surface area (Å²) in [5.41, 5.74) is 4.67. The number of cyclic esters (lactones) is 1. The van der Waals surface area contributed by atoms with Crippen molar-refractivity contribution in [1.82, 2.24) is 15.6 Å². The van der Waals surface area contributed by atoms with Gasteiger partial charge in [-0.1, -0.05) is 6.07 Å². The zero-order valence-corrected chi connectivity index (χ0v) is 16.7. The summed E-state index contributed by atoms with van der Waals surface area (Å²) >= 11 is 0. The van der Waals surface area contributed by atoms with Gasteiger partial charge in [-0.2, -0.15) is 0 Å². The van der Waals surface area contributed by atoms with Crippen molar-refractivity contribution >= 4 is 17.6 Å². The van der Waals surface area contributed by atoms with Crippen molar-refractivity contribution < 1.29 is 28.0 Å². The molecule has 1 amide bonds. The standard InChI is InChI=1S/C21H18FN5O5/c22-17-9-14(27-11-15(32-21(27)28)12-29-19-5-7-30-25-19)2-3-16(17)13-1-4-18(24-10-13)20-23-6-8-31-26-20/h1-5,7,9-10,15H,6,8,11-12H2,(H,23,26)/t15-/m1/s1. The van der Waals surface area contributed by atoms with Gasteiger partial charge in [-0.25, -0.2) is 14.7 Å². The number of nitrogens with zero attached hydrogens (tertiary/aromatic N) is 4. The monoisotopic (exact) mass is 439 g/mol. The molecule has 4 heterocycles. The van der Waals surface area contributed by atoms with E-state index in [-0.39, 0.29) is 13.2 Å². The van der Waals surface area contributed by atoms with Crippen LogP contribution in [0.25, 0.3) is 11.1 Å². The van der Waals surface area contributed by atoms with E-state index < -0.39 is 18.0 Å². The van der Waals surface area contributed by atoms with E-state index in [9.17, 15) is 9.18 Å². The molecule has 0 radical (unpaired) electrons. The predicted octanol–water partition coefficient (Wildman–Crippen LogP) is 2.56. The topological polar surface area (TPSA) is 111 Å². The number of pyridine rings is 1. The average Bonchev–Trinajstić information content (AvgIpc) is 3.48. The van der Waals surface area contributed by atoms with E-state index in [1.165, 1.54) is 17.2 Å². The van der Waals surface area contributed by atoms with Crippen molar-refractivity contribution in [2.45, 2.75) is 6.10 Å². The van der Waals surface area contributed by atoms with E-state index in [0.29, 0.717) is 47.4 Å². The minimum atomic E-state index is -0.570. The number of amides is 1. The zero-order valence-electron chi connectivity index (χ0n) is 16.7. The second-order valence-corrected chi connectivity index (χ2v) is 7.04. The lowest BCUT2D eigenvalue weighted by Crippen LogP contribution is -2.31. The second-order valence-electron chi connectivity index (χ2n) is 7.04. The van der Waals surface area contributed by atoms with E-state index in [2.05, 4.69) is 25.1 Å². The summed E-state index contributed by atoms with van der Waals surface area (Å²) in [6, 6.07) is 9.60. The molecule has 0 unspecified atom stereocenters. The Labute approximate surface area is 181 Å². The van der Waals surface area contributed by atoms with Crippen LogP contribution in [0.1, 0.15) is 5.69 Å². The molecule has 0 aliphatic carbocycles. The summed E-state index contributed by atoms with van der Waals surface area (Å²) in [6.45, 7) is 1.38. The van der Waals surface area contributed by atoms with Crippen molar-refractivity contribution in [2.24, 2.45) is 4.99 Å². The lowest BCUT2D eigenvalue weighted by Gasteiger charge is -2.15. The van der Waals surface area contributed by atoms with Crippen LogP contribution in [-0.2, 0) is 9.57 Å². The van der Waals surface area contributed by atoms with Gasteiger partial charge in [0, 0.05) is 23.4 Å². The maximum atomic E-state index is 14.9. The summed E-state index contributed by atoms with van der Waals surface area (Å²) in [5, 5.41) is 3.63. The third-order valence-electron chi connectivity index (χ3n) is 4.92. The number of hydroxylamine groups is 1. The van der Waals surface area contributed by atoms with Gasteiger partial charge in [0.15, 0.2) is 11.9 Å². The maximum Gasteiger partial charge on any atom is 0.414 e. The van der Waals surface area contributed by atoms with Crippen molar-refractivity contribution in [3.05, 3.63) is 60.4 Å². The highest BCUT2D eigenvalue weighted by Gasteiger charge is 2.33. The predicted molar refractivity (Wildman–Crippen MR) is 110 cm³/mol. The fourth-order valence-electron chi connectivity index (χ4n) is 3.36. The first-order valence-corrected chi connectivity index (χ1v) is 9.87. The molecule has 1 atom stereocenters. The molecule has 0 bridgehead atoms. The van der Waals surface area contributed by atoms with Crippen LogP contribution in [0.15, 0.2) is 58.4 Å². The largest absolute Gasteiger partial charge is 0.471 e. The number of hydrogen-bond acceptors (Lipinski definition) is 9. The minimum absolute atomic E-state index is 0.110. The van der Waals surface area contributed by atoms with Gasteiger partial charge < -0.3 is 14.0 Å². The molecule has 1 fully saturated rings. The van der Waals surface area contributed by atoms with Gasteiger partial charge >= 0.3 is 6.09 Å². The zero-order chi connectivity index (χ0) is 21.9. The van der Waals surface area contributed by atoms with Crippen LogP contribution >= 0.6 is 0 Å². The molecule has 32 heavy (non-hydrogen) atoms. The number of nitrogens with one attached hydrogen (secondary N) is 1. The van der Waals surface area contributed by atoms with Gasteiger partial charge in [-0.3, -0.25) is 19.7 Å². The normalized spacial score (nSPS) is 18.2. The number of ether oxygens (including phenoxy) is 2. The van der Waals surface area contributed by atoms with Crippen LogP contribution in [0.5, 0.6) is 5.88 Å². The van der Waals surface area contributed by atoms with Crippen molar-refractivity contribution in [1.29, 1.82) is 0 Å². The first-order chi connectivity index (χ1) is 15.7. The Hall–Kier alpha value is -3.99. The van der Waals surface area contributed by atoms with Gasteiger partial charge in [-0.15, -0.1) is 0 Å². The molecule has 0 saturated carbocycles. The van der Waals surface area contributed by atoms with E-state index in [1.54, 1.807) is 36.5 Å². The molecule has 1 aromatic carbocycles. The van der Waals surface area contributed by atoms with E-state index in [4.69, 9.17) is 14.3 Å². The van der Waals surface area contributed by atoms with Gasteiger partial charge in [-0.05, 0) is 29.4 Å². The lowest BCUT2D eigenvalue weighted by molar-refractivity contribution is 0.0824. The van der Waals surface area contributed by atoms with Crippen LogP contribution in [-0.4, -0.2) is 54.5 Å². The van der Waals surface area contributed by atoms with Crippen molar-refractivity contribution in [3.8, 4) is 17.0 Å². The summed E-state index contributed by atoms with van der Waals surface area (Å²) < 4.78 is 30.3. The first-order valence-electron chi connectivity index (χ1n) is 9.87. The highest BCUT2D eigenvalue weighted by atomic mass is 19.1.